The van der Waals surface area contributed by atoms with Gasteiger partial charge in [-0.2, -0.15) is 0 Å². The van der Waals surface area contributed by atoms with Gasteiger partial charge in [0.15, 0.2) is 5.75 Å². The molecule has 1 amide bonds. The van der Waals surface area contributed by atoms with Gasteiger partial charge in [-0.1, -0.05) is 11.6 Å². The second-order valence-electron chi connectivity index (χ2n) is 4.08. The van der Waals surface area contributed by atoms with Crippen molar-refractivity contribution in [1.29, 1.82) is 0 Å². The Labute approximate surface area is 109 Å². The van der Waals surface area contributed by atoms with Crippen molar-refractivity contribution in [3.63, 3.8) is 0 Å². The lowest BCUT2D eigenvalue weighted by atomic mass is 10.1. The van der Waals surface area contributed by atoms with Gasteiger partial charge in [-0.3, -0.25) is 4.79 Å². The number of rotatable bonds is 4. The SMILES string of the molecule is COc1c(C(=O)O)ccc(NC(=O)C2CC2)c1Cl. The molecule has 1 aliphatic carbocycles. The molecule has 5 nitrogen and oxygen atoms in total. The molecule has 0 atom stereocenters. The number of anilines is 1. The summed E-state index contributed by atoms with van der Waals surface area (Å²) in [5, 5.41) is 11.7. The van der Waals surface area contributed by atoms with E-state index in [0.29, 0.717) is 5.69 Å². The normalized spacial score (nSPS) is 14.1. The molecule has 96 valence electrons. The number of hydrogen-bond acceptors (Lipinski definition) is 3. The molecule has 0 unspecified atom stereocenters. The molecule has 2 rings (SSSR count). The molecule has 0 aliphatic heterocycles. The van der Waals surface area contributed by atoms with E-state index in [1.165, 1.54) is 19.2 Å². The van der Waals surface area contributed by atoms with Gasteiger partial charge in [0.25, 0.3) is 0 Å². The lowest BCUT2D eigenvalue weighted by Gasteiger charge is -2.12. The molecule has 0 spiro atoms. The molecule has 1 aromatic rings. The fourth-order valence-corrected chi connectivity index (χ4v) is 1.89. The zero-order valence-corrected chi connectivity index (χ0v) is 10.5. The molecule has 0 bridgehead atoms. The first-order valence-electron chi connectivity index (χ1n) is 5.45. The van der Waals surface area contributed by atoms with E-state index in [4.69, 9.17) is 21.4 Å². The van der Waals surface area contributed by atoms with E-state index in [0.717, 1.165) is 12.8 Å². The van der Waals surface area contributed by atoms with E-state index in [1.54, 1.807) is 0 Å². The van der Waals surface area contributed by atoms with Crippen molar-refractivity contribution >= 4 is 29.2 Å². The summed E-state index contributed by atoms with van der Waals surface area (Å²) in [5.41, 5.74) is 0.335. The van der Waals surface area contributed by atoms with Crippen LogP contribution in [0.15, 0.2) is 12.1 Å². The maximum Gasteiger partial charge on any atom is 0.339 e. The van der Waals surface area contributed by atoms with Crippen LogP contribution in [0.5, 0.6) is 5.75 Å². The van der Waals surface area contributed by atoms with Gasteiger partial charge in [-0.05, 0) is 25.0 Å². The van der Waals surface area contributed by atoms with E-state index in [2.05, 4.69) is 5.32 Å². The third-order valence-electron chi connectivity index (χ3n) is 2.74. The molecule has 0 heterocycles. The summed E-state index contributed by atoms with van der Waals surface area (Å²) < 4.78 is 4.97. The van der Waals surface area contributed by atoms with Crippen LogP contribution in [0.3, 0.4) is 0 Å². The summed E-state index contributed by atoms with van der Waals surface area (Å²) >= 11 is 6.02. The maximum atomic E-state index is 11.6. The molecular weight excluding hydrogens is 258 g/mol. The number of carbonyl (C=O) groups excluding carboxylic acids is 1. The first-order chi connectivity index (χ1) is 8.54. The van der Waals surface area contributed by atoms with Gasteiger partial charge in [-0.15, -0.1) is 0 Å². The number of benzene rings is 1. The first-order valence-corrected chi connectivity index (χ1v) is 5.83. The minimum Gasteiger partial charge on any atom is -0.494 e. The Kier molecular flexibility index (Phi) is 3.43. The van der Waals surface area contributed by atoms with E-state index < -0.39 is 5.97 Å². The molecule has 2 N–H and O–H groups in total. The summed E-state index contributed by atoms with van der Waals surface area (Å²) in [6.45, 7) is 0. The predicted molar refractivity (Wildman–Crippen MR) is 66.3 cm³/mol. The van der Waals surface area contributed by atoms with Crippen LogP contribution >= 0.6 is 11.6 Å². The number of nitrogens with one attached hydrogen (secondary N) is 1. The van der Waals surface area contributed by atoms with Crippen molar-refractivity contribution in [3.05, 3.63) is 22.7 Å². The van der Waals surface area contributed by atoms with Crippen LogP contribution in [0.1, 0.15) is 23.2 Å². The standard InChI is InChI=1S/C12H12ClNO4/c1-18-10-7(12(16)17)4-5-8(9(10)13)14-11(15)6-2-3-6/h4-6H,2-3H2,1H3,(H,14,15)(H,16,17). The van der Waals surface area contributed by atoms with Crippen LogP contribution in [0.4, 0.5) is 5.69 Å². The van der Waals surface area contributed by atoms with Crippen molar-refractivity contribution in [2.75, 3.05) is 12.4 Å². The highest BCUT2D eigenvalue weighted by Crippen LogP contribution is 2.37. The quantitative estimate of drug-likeness (QED) is 0.880. The Bertz CT molecular complexity index is 511. The van der Waals surface area contributed by atoms with Crippen molar-refractivity contribution in [2.24, 2.45) is 5.92 Å². The highest BCUT2D eigenvalue weighted by molar-refractivity contribution is 6.35. The van der Waals surface area contributed by atoms with Crippen LogP contribution < -0.4 is 10.1 Å². The van der Waals surface area contributed by atoms with Crippen LogP contribution in [0.25, 0.3) is 0 Å². The lowest BCUT2D eigenvalue weighted by Crippen LogP contribution is -2.14. The zero-order chi connectivity index (χ0) is 13.3. The second-order valence-corrected chi connectivity index (χ2v) is 4.45. The zero-order valence-electron chi connectivity index (χ0n) is 9.70. The van der Waals surface area contributed by atoms with Crippen LogP contribution in [0.2, 0.25) is 5.02 Å². The van der Waals surface area contributed by atoms with Gasteiger partial charge in [0, 0.05) is 5.92 Å². The second kappa shape index (κ2) is 4.86. The highest BCUT2D eigenvalue weighted by Gasteiger charge is 2.30. The molecule has 18 heavy (non-hydrogen) atoms. The predicted octanol–water partition coefficient (Wildman–Crippen LogP) is 2.40. The topological polar surface area (TPSA) is 75.6 Å². The maximum absolute atomic E-state index is 11.6. The summed E-state index contributed by atoms with van der Waals surface area (Å²) in [6.07, 6.45) is 1.77. The van der Waals surface area contributed by atoms with Gasteiger partial charge in [0.1, 0.15) is 10.6 Å². The summed E-state index contributed by atoms with van der Waals surface area (Å²) in [4.78, 5) is 22.6. The van der Waals surface area contributed by atoms with Crippen molar-refractivity contribution in [1.82, 2.24) is 0 Å². The summed E-state index contributed by atoms with van der Waals surface area (Å²) in [7, 11) is 1.33. The number of hydrogen-bond donors (Lipinski definition) is 2. The number of ether oxygens (including phenoxy) is 1. The van der Waals surface area contributed by atoms with E-state index in [-0.39, 0.29) is 28.2 Å². The number of aromatic carboxylic acids is 1. The smallest absolute Gasteiger partial charge is 0.339 e. The van der Waals surface area contributed by atoms with Gasteiger partial charge < -0.3 is 15.2 Å². The molecule has 1 aromatic carbocycles. The average Bonchev–Trinajstić information content (AvgIpc) is 3.14. The number of methoxy groups -OCH3 is 1. The monoisotopic (exact) mass is 269 g/mol. The minimum absolute atomic E-state index is 0.0353. The molecule has 0 saturated heterocycles. The molecule has 6 heteroatoms. The van der Waals surface area contributed by atoms with Crippen LogP contribution in [-0.2, 0) is 4.79 Å². The van der Waals surface area contributed by atoms with Gasteiger partial charge in [0.05, 0.1) is 12.8 Å². The Balaban J connectivity index is 2.31. The van der Waals surface area contributed by atoms with Crippen molar-refractivity contribution in [2.45, 2.75) is 12.8 Å². The minimum atomic E-state index is -1.13. The Hall–Kier alpha value is -1.75. The van der Waals surface area contributed by atoms with E-state index >= 15 is 0 Å². The fourth-order valence-electron chi connectivity index (χ4n) is 1.60. The van der Waals surface area contributed by atoms with Crippen molar-refractivity contribution < 1.29 is 19.4 Å². The Morgan fingerprint density at radius 2 is 2.11 bits per heavy atom. The summed E-state index contributed by atoms with van der Waals surface area (Å²) in [6, 6.07) is 2.82. The lowest BCUT2D eigenvalue weighted by molar-refractivity contribution is -0.117. The molecule has 0 aromatic heterocycles. The van der Waals surface area contributed by atoms with Gasteiger partial charge in [0.2, 0.25) is 5.91 Å². The number of carboxylic acids is 1. The van der Waals surface area contributed by atoms with E-state index in [1.807, 2.05) is 0 Å². The molecule has 1 saturated carbocycles. The van der Waals surface area contributed by atoms with Crippen LogP contribution in [0, 0.1) is 5.92 Å². The van der Waals surface area contributed by atoms with E-state index in [9.17, 15) is 9.59 Å². The highest BCUT2D eigenvalue weighted by atomic mass is 35.5. The molecule has 0 radical (unpaired) electrons. The van der Waals surface area contributed by atoms with Gasteiger partial charge in [-0.25, -0.2) is 4.79 Å². The molecule has 1 aliphatic rings. The number of amides is 1. The largest absolute Gasteiger partial charge is 0.494 e. The Morgan fingerprint density at radius 3 is 2.61 bits per heavy atom. The molecule has 1 fully saturated rings. The number of carboxylic acid groups (broad SMARTS) is 1. The molecular formula is C12H12ClNO4. The fraction of sp³-hybridized carbons (Fsp3) is 0.333. The third kappa shape index (κ3) is 2.41. The van der Waals surface area contributed by atoms with Crippen LogP contribution in [-0.4, -0.2) is 24.1 Å². The number of halogens is 1. The average molecular weight is 270 g/mol. The van der Waals surface area contributed by atoms with Crippen molar-refractivity contribution in [3.8, 4) is 5.75 Å². The first kappa shape index (κ1) is 12.7. The Morgan fingerprint density at radius 1 is 1.44 bits per heavy atom. The third-order valence-corrected chi connectivity index (χ3v) is 3.11. The number of carbonyl (C=O) groups is 2. The van der Waals surface area contributed by atoms with Gasteiger partial charge >= 0.3 is 5.97 Å². The summed E-state index contributed by atoms with van der Waals surface area (Å²) in [5.74, 6) is -1.13.